The molecule has 4 rings (SSSR count). The number of rotatable bonds is 5. The molecule has 2 heterocycles. The second-order valence-electron chi connectivity index (χ2n) is 7.67. The molecule has 0 amide bonds. The van der Waals surface area contributed by atoms with Crippen LogP contribution in [0.2, 0.25) is 5.02 Å². The minimum absolute atomic E-state index is 0.0744. The maximum absolute atomic E-state index is 13.0. The Morgan fingerprint density at radius 2 is 2.00 bits per heavy atom. The van der Waals surface area contributed by atoms with Gasteiger partial charge in [0.2, 0.25) is 0 Å². The number of benzene rings is 2. The normalized spacial score (nSPS) is 19.5. The first-order chi connectivity index (χ1) is 15.1. The van der Waals surface area contributed by atoms with Crippen molar-refractivity contribution in [2.24, 2.45) is 0 Å². The fourth-order valence-electron chi connectivity index (χ4n) is 4.27. The maximum Gasteiger partial charge on any atom is 0.524 e. The molecule has 170 valence electrons. The molecule has 0 bridgehead atoms. The van der Waals surface area contributed by atoms with Crippen molar-refractivity contribution >= 4 is 30.4 Å². The average molecular weight is 482 g/mol. The Bertz CT molecular complexity index is 1290. The van der Waals surface area contributed by atoms with Crippen LogP contribution in [-0.2, 0) is 4.57 Å². The number of phenolic OH excluding ortho intramolecular Hbond substituents is 1. The zero-order valence-corrected chi connectivity index (χ0v) is 18.6. The molecule has 1 aliphatic heterocycles. The number of aliphatic hydroxyl groups is 1. The van der Waals surface area contributed by atoms with Gasteiger partial charge < -0.3 is 24.1 Å². The molecule has 9 nitrogen and oxygen atoms in total. The van der Waals surface area contributed by atoms with Crippen LogP contribution in [0.25, 0.3) is 22.3 Å². The lowest BCUT2D eigenvalue weighted by molar-refractivity contribution is 0.172. The van der Waals surface area contributed by atoms with E-state index in [2.05, 4.69) is 0 Å². The summed E-state index contributed by atoms with van der Waals surface area (Å²) in [7, 11) is -3.21. The quantitative estimate of drug-likeness (QED) is 0.404. The number of phosphoric ester groups is 1. The number of likely N-dealkylation sites (tertiary alicyclic amines) is 1. The molecule has 0 radical (unpaired) electrons. The van der Waals surface area contributed by atoms with E-state index in [-0.39, 0.29) is 34.6 Å². The lowest BCUT2D eigenvalue weighted by atomic mass is 9.89. The van der Waals surface area contributed by atoms with Gasteiger partial charge in [0, 0.05) is 35.2 Å². The molecule has 4 N–H and O–H groups in total. The van der Waals surface area contributed by atoms with Crippen molar-refractivity contribution < 1.29 is 33.5 Å². The van der Waals surface area contributed by atoms with Crippen LogP contribution in [0.4, 0.5) is 0 Å². The maximum atomic E-state index is 13.0. The second-order valence-corrected chi connectivity index (χ2v) is 9.24. The Hall–Kier alpha value is -2.39. The average Bonchev–Trinajstić information content (AvgIpc) is 3.06. The van der Waals surface area contributed by atoms with Crippen molar-refractivity contribution in [2.75, 3.05) is 20.2 Å². The van der Waals surface area contributed by atoms with Crippen molar-refractivity contribution in [3.05, 3.63) is 57.2 Å². The first-order valence-corrected chi connectivity index (χ1v) is 11.7. The van der Waals surface area contributed by atoms with Gasteiger partial charge >= 0.3 is 7.82 Å². The van der Waals surface area contributed by atoms with Crippen molar-refractivity contribution in [1.29, 1.82) is 0 Å². The molecule has 32 heavy (non-hydrogen) atoms. The predicted octanol–water partition coefficient (Wildman–Crippen LogP) is 3.07. The lowest BCUT2D eigenvalue weighted by Crippen LogP contribution is -2.32. The zero-order valence-electron chi connectivity index (χ0n) is 16.9. The molecule has 1 fully saturated rings. The highest BCUT2D eigenvalue weighted by Crippen LogP contribution is 2.49. The third-order valence-electron chi connectivity index (χ3n) is 5.72. The Kier molecular flexibility index (Phi) is 6.06. The van der Waals surface area contributed by atoms with Gasteiger partial charge in [-0.15, -0.1) is 0 Å². The Morgan fingerprint density at radius 1 is 1.28 bits per heavy atom. The van der Waals surface area contributed by atoms with Gasteiger partial charge in [-0.25, -0.2) is 4.57 Å². The number of aromatic hydroxyl groups is 1. The molecular formula is C21H21ClNO8P. The summed E-state index contributed by atoms with van der Waals surface area (Å²) >= 11 is 6.26. The van der Waals surface area contributed by atoms with Gasteiger partial charge in [0.1, 0.15) is 28.2 Å². The number of aliphatic hydroxyl groups excluding tert-OH is 1. The van der Waals surface area contributed by atoms with Gasteiger partial charge in [-0.1, -0.05) is 23.7 Å². The zero-order chi connectivity index (χ0) is 23.2. The van der Waals surface area contributed by atoms with Gasteiger partial charge in [0.15, 0.2) is 5.43 Å². The summed E-state index contributed by atoms with van der Waals surface area (Å²) in [6, 6.07) is 8.48. The summed E-state index contributed by atoms with van der Waals surface area (Å²) in [5.41, 5.74) is -0.0122. The third-order valence-corrected chi connectivity index (χ3v) is 6.48. The van der Waals surface area contributed by atoms with Crippen molar-refractivity contribution in [3.63, 3.8) is 0 Å². The molecule has 1 aromatic heterocycles. The minimum Gasteiger partial charge on any atom is -0.507 e. The van der Waals surface area contributed by atoms with Gasteiger partial charge in [0.05, 0.1) is 11.6 Å². The molecule has 0 aliphatic carbocycles. The summed E-state index contributed by atoms with van der Waals surface area (Å²) in [5.74, 6) is -1.23. The molecule has 11 heteroatoms. The highest BCUT2D eigenvalue weighted by Gasteiger charge is 2.38. The van der Waals surface area contributed by atoms with Crippen molar-refractivity contribution in [1.82, 2.24) is 4.90 Å². The van der Waals surface area contributed by atoms with Crippen LogP contribution in [0, 0.1) is 0 Å². The topological polar surface area (TPSA) is 141 Å². The third kappa shape index (κ3) is 4.15. The van der Waals surface area contributed by atoms with E-state index in [0.29, 0.717) is 23.6 Å². The lowest BCUT2D eigenvalue weighted by Gasteiger charge is -2.25. The molecule has 0 spiro atoms. The number of nitrogens with zero attached hydrogens (tertiary/aromatic N) is 1. The molecule has 0 unspecified atom stereocenters. The standard InChI is InChI=1S/C21H21ClNO8P/c1-23-7-6-12(14(23)10-24)19-18(31-32(27,28)29)9-16(26)20-15(25)8-17(30-21(19)20)11-4-2-3-5-13(11)22/h2-5,8-9,12,14,24,26H,6-7,10H2,1H3,(H2,27,28,29)/t12-,14+/m1/s1. The number of fused-ring (bicyclic) bond motifs is 1. The fraction of sp³-hybridized carbons (Fsp3) is 0.286. The van der Waals surface area contributed by atoms with E-state index in [9.17, 15) is 29.4 Å². The molecule has 2 atom stereocenters. The van der Waals surface area contributed by atoms with Crippen molar-refractivity contribution in [3.8, 4) is 22.8 Å². The number of likely N-dealkylation sites (N-methyl/N-ethyl adjacent to an activating group) is 1. The molecule has 2 aromatic carbocycles. The summed E-state index contributed by atoms with van der Waals surface area (Å²) in [6.45, 7) is 0.343. The van der Waals surface area contributed by atoms with Crippen LogP contribution in [0.15, 0.2) is 45.6 Å². The first kappa shape index (κ1) is 22.8. The molecule has 1 saturated heterocycles. The van der Waals surface area contributed by atoms with Crippen molar-refractivity contribution in [2.45, 2.75) is 18.4 Å². The number of hydrogen-bond donors (Lipinski definition) is 4. The van der Waals surface area contributed by atoms with Crippen LogP contribution in [0.5, 0.6) is 11.5 Å². The smallest absolute Gasteiger partial charge is 0.507 e. The van der Waals surface area contributed by atoms with E-state index < -0.39 is 31.0 Å². The van der Waals surface area contributed by atoms with E-state index in [4.69, 9.17) is 20.5 Å². The number of phosphoric acid groups is 1. The van der Waals surface area contributed by atoms with Gasteiger partial charge in [-0.05, 0) is 32.1 Å². The number of phenols is 1. The van der Waals surface area contributed by atoms with Gasteiger partial charge in [-0.3, -0.25) is 14.6 Å². The SMILES string of the molecule is CN1CC[C@@H](c2c(OP(=O)(O)O)cc(O)c3c(=O)cc(-c4ccccc4Cl)oc23)[C@@H]1CO. The summed E-state index contributed by atoms with van der Waals surface area (Å²) in [6.07, 6.45) is 0.499. The largest absolute Gasteiger partial charge is 0.524 e. The molecule has 0 saturated carbocycles. The van der Waals surface area contributed by atoms with E-state index in [1.807, 2.05) is 4.90 Å². The van der Waals surface area contributed by atoms with E-state index in [0.717, 1.165) is 6.07 Å². The van der Waals surface area contributed by atoms with Crippen LogP contribution in [-0.4, -0.2) is 51.1 Å². The summed E-state index contributed by atoms with van der Waals surface area (Å²) in [4.78, 5) is 33.7. The Balaban J connectivity index is 2.07. The Morgan fingerprint density at radius 3 is 2.66 bits per heavy atom. The number of hydrogen-bond acceptors (Lipinski definition) is 7. The minimum atomic E-state index is -5.01. The van der Waals surface area contributed by atoms with Crippen LogP contribution >= 0.6 is 19.4 Å². The summed E-state index contributed by atoms with van der Waals surface area (Å²) < 4.78 is 22.6. The van der Waals surface area contributed by atoms with Crippen LogP contribution in [0.3, 0.4) is 0 Å². The molecule has 3 aromatic rings. The van der Waals surface area contributed by atoms with E-state index >= 15 is 0 Å². The van der Waals surface area contributed by atoms with Gasteiger partial charge in [-0.2, -0.15) is 0 Å². The van der Waals surface area contributed by atoms with Crippen LogP contribution < -0.4 is 9.95 Å². The van der Waals surface area contributed by atoms with Crippen LogP contribution in [0.1, 0.15) is 17.9 Å². The monoisotopic (exact) mass is 481 g/mol. The predicted molar refractivity (Wildman–Crippen MR) is 118 cm³/mol. The molecule has 1 aliphatic rings. The first-order valence-electron chi connectivity index (χ1n) is 9.75. The summed E-state index contributed by atoms with van der Waals surface area (Å²) in [5, 5.41) is 20.6. The molecular weight excluding hydrogens is 461 g/mol. The fourth-order valence-corrected chi connectivity index (χ4v) is 4.91. The Labute approximate surface area is 187 Å². The number of halogens is 1. The second kappa shape index (κ2) is 8.51. The van der Waals surface area contributed by atoms with Gasteiger partial charge in [0.25, 0.3) is 0 Å². The highest BCUT2D eigenvalue weighted by atomic mass is 35.5. The van der Waals surface area contributed by atoms with E-state index in [1.54, 1.807) is 31.3 Å². The van der Waals surface area contributed by atoms with E-state index in [1.165, 1.54) is 6.07 Å². The highest BCUT2D eigenvalue weighted by molar-refractivity contribution is 7.46.